The minimum atomic E-state index is -0.709. The number of nitrogens with zero attached hydrogens (tertiary/aromatic N) is 4. The molecule has 1 saturated heterocycles. The number of H-pyrrole nitrogens is 1. The van der Waals surface area contributed by atoms with Gasteiger partial charge in [-0.1, -0.05) is 13.3 Å². The van der Waals surface area contributed by atoms with E-state index in [2.05, 4.69) is 10.2 Å². The van der Waals surface area contributed by atoms with Crippen molar-refractivity contribution in [3.05, 3.63) is 27.7 Å². The Balaban J connectivity index is 1.47. The summed E-state index contributed by atoms with van der Waals surface area (Å²) in [4.78, 5) is 53.1. The molecule has 4 amide bonds. The van der Waals surface area contributed by atoms with Gasteiger partial charge in [-0.15, -0.1) is 0 Å². The molecular formula is C21H31N7O4. The molecule has 0 aromatic carbocycles. The second-order valence-electron chi connectivity index (χ2n) is 9.34. The average molecular weight is 446 g/mol. The molecule has 0 radical (unpaired) electrons. The fraction of sp³-hybridized carbons (Fsp3) is 0.667. The maximum Gasteiger partial charge on any atom is 0.343 e. The molecule has 1 aromatic rings. The lowest BCUT2D eigenvalue weighted by molar-refractivity contribution is -0.138. The maximum absolute atomic E-state index is 13.1. The molecule has 3 fully saturated rings. The molecule has 4 rings (SSSR count). The number of rotatable bonds is 5. The lowest BCUT2D eigenvalue weighted by Gasteiger charge is -2.53. The Bertz CT molecular complexity index is 1020. The van der Waals surface area contributed by atoms with Gasteiger partial charge in [-0.25, -0.2) is 14.7 Å². The molecule has 2 aliphatic carbocycles. The van der Waals surface area contributed by atoms with Crippen LogP contribution in [0, 0.1) is 12.3 Å². The second-order valence-corrected chi connectivity index (χ2v) is 9.34. The van der Waals surface area contributed by atoms with Gasteiger partial charge in [-0.2, -0.15) is 5.10 Å². The number of hydrogen-bond donors (Lipinski definition) is 3. The van der Waals surface area contributed by atoms with E-state index in [1.54, 1.807) is 4.57 Å². The Morgan fingerprint density at radius 2 is 1.75 bits per heavy atom. The number of aromatic amines is 1. The number of aryl methyl sites for hydroxylation is 1. The standard InChI is InChI=1S/C21H31N7O4/c1-3-4-9-26-17(29)15(16(22)23)18(30)28(20(26)32)13-5-7-21(8-6-13)10-14(11-21)27-12(2)24-25-19(27)31/h13-14H,3-11,22-23H2,1-2H3,(H,25,31). The summed E-state index contributed by atoms with van der Waals surface area (Å²) >= 11 is 0. The van der Waals surface area contributed by atoms with Crippen LogP contribution in [-0.2, 0) is 9.59 Å². The highest BCUT2D eigenvalue weighted by molar-refractivity contribution is 6.29. The number of carbonyl (C=O) groups is 3. The summed E-state index contributed by atoms with van der Waals surface area (Å²) in [6.45, 7) is 4.00. The lowest BCUT2D eigenvalue weighted by atomic mass is 9.57. The minimum Gasteiger partial charge on any atom is -0.385 e. The van der Waals surface area contributed by atoms with Crippen molar-refractivity contribution in [2.24, 2.45) is 16.9 Å². The number of unbranched alkanes of at least 4 members (excludes halogenated alkanes) is 1. The van der Waals surface area contributed by atoms with Gasteiger partial charge in [0.25, 0.3) is 11.8 Å². The summed E-state index contributed by atoms with van der Waals surface area (Å²) < 4.78 is 1.72. The number of hydrogen-bond acceptors (Lipinski definition) is 7. The Morgan fingerprint density at radius 3 is 2.28 bits per heavy atom. The third-order valence-corrected chi connectivity index (χ3v) is 7.32. The van der Waals surface area contributed by atoms with E-state index in [1.165, 1.54) is 4.90 Å². The Hall–Kier alpha value is -3.11. The number of carbonyl (C=O) groups excluding carboxylic acids is 3. The molecule has 3 aliphatic rings. The summed E-state index contributed by atoms with van der Waals surface area (Å²) in [5, 5.41) is 6.48. The fourth-order valence-electron chi connectivity index (χ4n) is 5.55. The third kappa shape index (κ3) is 3.49. The minimum absolute atomic E-state index is 0.107. The number of nitrogens with two attached hydrogens (primary N) is 2. The SMILES string of the molecule is CCCCN1C(=O)C(=C(N)N)C(=O)N(C2CCC3(CC2)CC(n2c(C)n[nH]c2=O)C3)C1=O. The molecule has 0 bridgehead atoms. The number of aromatic nitrogens is 3. The quantitative estimate of drug-likeness (QED) is 0.447. The van der Waals surface area contributed by atoms with Crippen LogP contribution in [0.15, 0.2) is 16.2 Å². The van der Waals surface area contributed by atoms with Gasteiger partial charge in [-0.3, -0.25) is 24.0 Å². The molecule has 32 heavy (non-hydrogen) atoms. The van der Waals surface area contributed by atoms with E-state index in [0.29, 0.717) is 25.1 Å². The van der Waals surface area contributed by atoms with Crippen molar-refractivity contribution >= 4 is 17.8 Å². The molecule has 11 heteroatoms. The van der Waals surface area contributed by atoms with Crippen LogP contribution in [0.5, 0.6) is 0 Å². The summed E-state index contributed by atoms with van der Waals surface area (Å²) in [6, 6.07) is -0.749. The highest BCUT2D eigenvalue weighted by atomic mass is 16.2. The zero-order chi connectivity index (χ0) is 23.2. The van der Waals surface area contributed by atoms with E-state index in [-0.39, 0.29) is 41.1 Å². The summed E-state index contributed by atoms with van der Waals surface area (Å²) in [6.07, 6.45) is 6.18. The summed E-state index contributed by atoms with van der Waals surface area (Å²) in [5.74, 6) is -1.07. The summed E-state index contributed by atoms with van der Waals surface area (Å²) in [5.41, 5.74) is 10.9. The number of urea groups is 1. The number of imide groups is 2. The van der Waals surface area contributed by atoms with Crippen LogP contribution in [0.3, 0.4) is 0 Å². The van der Waals surface area contributed by atoms with E-state index >= 15 is 0 Å². The van der Waals surface area contributed by atoms with E-state index in [1.807, 2.05) is 13.8 Å². The van der Waals surface area contributed by atoms with Gasteiger partial charge in [0.05, 0.1) is 0 Å². The molecule has 0 atom stereocenters. The first-order valence-corrected chi connectivity index (χ1v) is 11.3. The largest absolute Gasteiger partial charge is 0.385 e. The average Bonchev–Trinajstić information content (AvgIpc) is 3.04. The van der Waals surface area contributed by atoms with Gasteiger partial charge in [0.2, 0.25) is 0 Å². The van der Waals surface area contributed by atoms with Crippen molar-refractivity contribution in [2.75, 3.05) is 6.54 Å². The van der Waals surface area contributed by atoms with E-state index in [0.717, 1.165) is 37.0 Å². The second kappa shape index (κ2) is 8.10. The van der Waals surface area contributed by atoms with Gasteiger partial charge in [0.15, 0.2) is 0 Å². The van der Waals surface area contributed by atoms with Crippen LogP contribution < -0.4 is 17.2 Å². The first-order chi connectivity index (χ1) is 15.2. The van der Waals surface area contributed by atoms with Crippen molar-refractivity contribution in [3.63, 3.8) is 0 Å². The van der Waals surface area contributed by atoms with Crippen LogP contribution in [0.1, 0.15) is 70.2 Å². The zero-order valence-electron chi connectivity index (χ0n) is 18.6. The zero-order valence-corrected chi connectivity index (χ0v) is 18.6. The smallest absolute Gasteiger partial charge is 0.343 e. The maximum atomic E-state index is 13.1. The monoisotopic (exact) mass is 445 g/mol. The van der Waals surface area contributed by atoms with Crippen LogP contribution in [0.2, 0.25) is 0 Å². The number of barbiturate groups is 1. The Kier molecular flexibility index (Phi) is 5.59. The van der Waals surface area contributed by atoms with Crippen molar-refractivity contribution in [3.8, 4) is 0 Å². The Morgan fingerprint density at radius 1 is 1.09 bits per heavy atom. The molecule has 2 heterocycles. The molecule has 1 aliphatic heterocycles. The van der Waals surface area contributed by atoms with Gasteiger partial charge in [-0.05, 0) is 57.3 Å². The normalized spacial score (nSPS) is 28.4. The van der Waals surface area contributed by atoms with Gasteiger partial charge in [0, 0.05) is 18.6 Å². The predicted octanol–water partition coefficient (Wildman–Crippen LogP) is 0.864. The first kappa shape index (κ1) is 22.1. The highest BCUT2D eigenvalue weighted by Crippen LogP contribution is 2.57. The van der Waals surface area contributed by atoms with Crippen LogP contribution in [0.4, 0.5) is 4.79 Å². The highest BCUT2D eigenvalue weighted by Gasteiger charge is 2.51. The van der Waals surface area contributed by atoms with Gasteiger partial charge in [0.1, 0.15) is 17.2 Å². The molecule has 11 nitrogen and oxygen atoms in total. The van der Waals surface area contributed by atoms with E-state index in [9.17, 15) is 19.2 Å². The predicted molar refractivity (Wildman–Crippen MR) is 115 cm³/mol. The third-order valence-electron chi connectivity index (χ3n) is 7.32. The number of nitrogens with one attached hydrogen (secondary N) is 1. The summed E-state index contributed by atoms with van der Waals surface area (Å²) in [7, 11) is 0. The Labute approximate surface area is 185 Å². The van der Waals surface area contributed by atoms with Crippen molar-refractivity contribution in [2.45, 2.75) is 77.3 Å². The topological polar surface area (TPSA) is 160 Å². The fourth-order valence-corrected chi connectivity index (χ4v) is 5.55. The van der Waals surface area contributed by atoms with E-state index in [4.69, 9.17) is 11.5 Å². The van der Waals surface area contributed by atoms with Gasteiger partial charge >= 0.3 is 11.7 Å². The van der Waals surface area contributed by atoms with E-state index < -0.39 is 17.8 Å². The molecule has 1 aromatic heterocycles. The first-order valence-electron chi connectivity index (χ1n) is 11.3. The molecule has 5 N–H and O–H groups in total. The van der Waals surface area contributed by atoms with Crippen LogP contribution in [-0.4, -0.2) is 55.0 Å². The van der Waals surface area contributed by atoms with Crippen LogP contribution in [0.25, 0.3) is 0 Å². The van der Waals surface area contributed by atoms with Gasteiger partial charge < -0.3 is 11.5 Å². The molecule has 2 saturated carbocycles. The number of amides is 4. The van der Waals surface area contributed by atoms with Crippen molar-refractivity contribution in [1.82, 2.24) is 24.6 Å². The van der Waals surface area contributed by atoms with Crippen molar-refractivity contribution < 1.29 is 14.4 Å². The van der Waals surface area contributed by atoms with Crippen molar-refractivity contribution in [1.29, 1.82) is 0 Å². The molecular weight excluding hydrogens is 414 g/mol. The molecule has 174 valence electrons. The lowest BCUT2D eigenvalue weighted by Crippen LogP contribution is -2.61. The molecule has 1 spiro atoms. The molecule has 0 unspecified atom stereocenters. The van der Waals surface area contributed by atoms with Crippen LogP contribution >= 0.6 is 0 Å².